The average Bonchev–Trinajstić information content (AvgIpc) is 3.22. The molecular formula is C26H32Cl2N6O3. The number of hydrogen-bond acceptors (Lipinski definition) is 7. The normalized spacial score (nSPS) is 15.5. The Morgan fingerprint density at radius 2 is 1.95 bits per heavy atom. The first kappa shape index (κ1) is 27.0. The van der Waals surface area contributed by atoms with Gasteiger partial charge < -0.3 is 19.7 Å². The van der Waals surface area contributed by atoms with Gasteiger partial charge in [0.05, 0.1) is 22.3 Å². The van der Waals surface area contributed by atoms with Crippen LogP contribution in [0.1, 0.15) is 53.2 Å². The number of fused-ring (bicyclic) bond motifs is 1. The van der Waals surface area contributed by atoms with Gasteiger partial charge in [-0.1, -0.05) is 41.9 Å². The fraction of sp³-hybridized carbons (Fsp3) is 0.462. The number of anilines is 1. The van der Waals surface area contributed by atoms with Crippen molar-refractivity contribution in [3.63, 3.8) is 0 Å². The molecule has 0 saturated carbocycles. The van der Waals surface area contributed by atoms with E-state index in [0.29, 0.717) is 82.3 Å². The van der Waals surface area contributed by atoms with Crippen LogP contribution in [0.3, 0.4) is 0 Å². The lowest BCUT2D eigenvalue weighted by atomic mass is 9.89. The standard InChI is InChI=1S/C26H32Cl2N6O3/c1-7-36-15(2)19-23(34-13-11-26(6,12-14-34)31-24(35)37-25(3,4)5)30-22-21(29-19)20(32-33-22)16-9-8-10-17(27)18(16)28/h8-10H,2,7,11-14H2,1,3-6H3,(H,31,35)(H,30,32,33). The summed E-state index contributed by atoms with van der Waals surface area (Å²) in [6.45, 7) is 15.3. The molecule has 0 spiro atoms. The zero-order chi connectivity index (χ0) is 27.0. The summed E-state index contributed by atoms with van der Waals surface area (Å²) in [5, 5.41) is 11.3. The number of alkyl carbamates (subject to hydrolysis) is 1. The van der Waals surface area contributed by atoms with Crippen LogP contribution >= 0.6 is 23.2 Å². The molecule has 3 aromatic rings. The van der Waals surface area contributed by atoms with E-state index in [2.05, 4.69) is 27.0 Å². The molecule has 198 valence electrons. The molecule has 2 aromatic heterocycles. The third-order valence-electron chi connectivity index (χ3n) is 6.14. The number of H-pyrrole nitrogens is 1. The summed E-state index contributed by atoms with van der Waals surface area (Å²) >= 11 is 12.7. The molecule has 0 aliphatic carbocycles. The van der Waals surface area contributed by atoms with Crippen molar-refractivity contribution in [1.29, 1.82) is 0 Å². The Morgan fingerprint density at radius 3 is 2.59 bits per heavy atom. The zero-order valence-corrected chi connectivity index (χ0v) is 23.3. The van der Waals surface area contributed by atoms with Crippen LogP contribution in [0.5, 0.6) is 0 Å². The van der Waals surface area contributed by atoms with Crippen molar-refractivity contribution in [3.8, 4) is 11.3 Å². The number of rotatable bonds is 6. The quantitative estimate of drug-likeness (QED) is 0.353. The lowest BCUT2D eigenvalue weighted by Crippen LogP contribution is -2.54. The van der Waals surface area contributed by atoms with Crippen molar-refractivity contribution >= 4 is 52.0 Å². The summed E-state index contributed by atoms with van der Waals surface area (Å²) < 4.78 is 11.2. The molecule has 0 unspecified atom stereocenters. The molecule has 0 atom stereocenters. The van der Waals surface area contributed by atoms with Crippen LogP contribution in [0, 0.1) is 0 Å². The SMILES string of the molecule is C=C(OCC)c1nc2c(-c3cccc(Cl)c3Cl)[nH]nc2nc1N1CCC(C)(NC(=O)OC(C)(C)C)CC1. The number of amides is 1. The Labute approximate surface area is 226 Å². The van der Waals surface area contributed by atoms with Crippen molar-refractivity contribution in [3.05, 3.63) is 40.5 Å². The minimum atomic E-state index is -0.557. The van der Waals surface area contributed by atoms with E-state index in [-0.39, 0.29) is 0 Å². The van der Waals surface area contributed by atoms with Gasteiger partial charge in [-0.3, -0.25) is 5.10 Å². The predicted octanol–water partition coefficient (Wildman–Crippen LogP) is 6.22. The summed E-state index contributed by atoms with van der Waals surface area (Å²) in [4.78, 5) is 24.2. The monoisotopic (exact) mass is 546 g/mol. The molecule has 0 radical (unpaired) electrons. The van der Waals surface area contributed by atoms with E-state index >= 15 is 0 Å². The highest BCUT2D eigenvalue weighted by molar-refractivity contribution is 6.43. The Kier molecular flexibility index (Phi) is 7.57. The fourth-order valence-electron chi connectivity index (χ4n) is 4.25. The van der Waals surface area contributed by atoms with E-state index in [1.165, 1.54) is 0 Å². The number of aromatic amines is 1. The minimum Gasteiger partial charge on any atom is -0.492 e. The van der Waals surface area contributed by atoms with Crippen molar-refractivity contribution in [1.82, 2.24) is 25.5 Å². The lowest BCUT2D eigenvalue weighted by Gasteiger charge is -2.40. The molecule has 37 heavy (non-hydrogen) atoms. The molecule has 3 heterocycles. The summed E-state index contributed by atoms with van der Waals surface area (Å²) in [5.41, 5.74) is 1.83. The van der Waals surface area contributed by atoms with Gasteiger partial charge in [-0.05, 0) is 53.5 Å². The highest BCUT2D eigenvalue weighted by Gasteiger charge is 2.35. The Balaban J connectivity index is 1.65. The summed E-state index contributed by atoms with van der Waals surface area (Å²) in [6.07, 6.45) is 0.964. The van der Waals surface area contributed by atoms with E-state index < -0.39 is 17.2 Å². The van der Waals surface area contributed by atoms with Gasteiger partial charge >= 0.3 is 6.09 Å². The maximum Gasteiger partial charge on any atom is 0.408 e. The smallest absolute Gasteiger partial charge is 0.408 e. The van der Waals surface area contributed by atoms with Gasteiger partial charge in [-0.2, -0.15) is 5.10 Å². The number of carbonyl (C=O) groups is 1. The number of nitrogens with one attached hydrogen (secondary N) is 2. The third kappa shape index (κ3) is 5.93. The minimum absolute atomic E-state index is 0.401. The largest absolute Gasteiger partial charge is 0.492 e. The van der Waals surface area contributed by atoms with Crippen molar-refractivity contribution in [2.45, 2.75) is 58.6 Å². The first-order chi connectivity index (χ1) is 17.4. The van der Waals surface area contributed by atoms with Crippen LogP contribution in [0.15, 0.2) is 24.8 Å². The van der Waals surface area contributed by atoms with Gasteiger partial charge in [-0.25, -0.2) is 14.8 Å². The van der Waals surface area contributed by atoms with Crippen LogP contribution in [-0.4, -0.2) is 57.1 Å². The second-order valence-corrected chi connectivity index (χ2v) is 11.1. The van der Waals surface area contributed by atoms with Crippen LogP contribution in [0.4, 0.5) is 10.6 Å². The van der Waals surface area contributed by atoms with E-state index in [9.17, 15) is 4.79 Å². The van der Waals surface area contributed by atoms with Gasteiger partial charge in [0.1, 0.15) is 22.6 Å². The molecule has 4 rings (SSSR count). The van der Waals surface area contributed by atoms with Crippen LogP contribution in [-0.2, 0) is 9.47 Å². The van der Waals surface area contributed by atoms with Gasteiger partial charge in [0.2, 0.25) is 5.65 Å². The highest BCUT2D eigenvalue weighted by atomic mass is 35.5. The van der Waals surface area contributed by atoms with Gasteiger partial charge in [0.25, 0.3) is 0 Å². The molecule has 0 bridgehead atoms. The fourth-order valence-corrected chi connectivity index (χ4v) is 4.64. The highest BCUT2D eigenvalue weighted by Crippen LogP contribution is 2.37. The van der Waals surface area contributed by atoms with E-state index in [0.717, 1.165) is 0 Å². The van der Waals surface area contributed by atoms with Crippen molar-refractivity contribution in [2.75, 3.05) is 24.6 Å². The van der Waals surface area contributed by atoms with E-state index in [1.54, 1.807) is 6.07 Å². The average molecular weight is 547 g/mol. The van der Waals surface area contributed by atoms with E-state index in [4.69, 9.17) is 42.6 Å². The maximum absolute atomic E-state index is 12.4. The lowest BCUT2D eigenvalue weighted by molar-refractivity contribution is 0.0448. The van der Waals surface area contributed by atoms with Crippen molar-refractivity contribution < 1.29 is 14.3 Å². The second kappa shape index (κ2) is 10.4. The Hall–Kier alpha value is -3.04. The molecule has 1 saturated heterocycles. The molecule has 1 amide bonds. The van der Waals surface area contributed by atoms with Crippen LogP contribution in [0.25, 0.3) is 28.2 Å². The topological polar surface area (TPSA) is 105 Å². The molecule has 2 N–H and O–H groups in total. The Bertz CT molecular complexity index is 1330. The predicted molar refractivity (Wildman–Crippen MR) is 147 cm³/mol. The number of hydrogen-bond donors (Lipinski definition) is 2. The number of nitrogens with zero attached hydrogens (tertiary/aromatic N) is 4. The number of benzene rings is 1. The molecular weight excluding hydrogens is 515 g/mol. The summed E-state index contributed by atoms with van der Waals surface area (Å²) in [5.74, 6) is 1.04. The van der Waals surface area contributed by atoms with Crippen LogP contribution < -0.4 is 10.2 Å². The van der Waals surface area contributed by atoms with Crippen molar-refractivity contribution in [2.24, 2.45) is 0 Å². The number of piperidine rings is 1. The Morgan fingerprint density at radius 1 is 1.24 bits per heavy atom. The second-order valence-electron chi connectivity index (χ2n) is 10.3. The van der Waals surface area contributed by atoms with Gasteiger partial charge in [-0.15, -0.1) is 0 Å². The summed E-state index contributed by atoms with van der Waals surface area (Å²) in [7, 11) is 0. The molecule has 9 nitrogen and oxygen atoms in total. The number of ether oxygens (including phenoxy) is 2. The maximum atomic E-state index is 12.4. The van der Waals surface area contributed by atoms with Gasteiger partial charge in [0.15, 0.2) is 5.82 Å². The molecule has 11 heteroatoms. The third-order valence-corrected chi connectivity index (χ3v) is 6.96. The number of aromatic nitrogens is 4. The first-order valence-electron chi connectivity index (χ1n) is 12.2. The molecule has 1 aliphatic rings. The molecule has 1 fully saturated rings. The van der Waals surface area contributed by atoms with Gasteiger partial charge in [0, 0.05) is 24.2 Å². The van der Waals surface area contributed by atoms with E-state index in [1.807, 2.05) is 46.8 Å². The molecule has 1 aromatic carbocycles. The number of carbonyl (C=O) groups excluding carboxylic acids is 1. The summed E-state index contributed by atoms with van der Waals surface area (Å²) in [6, 6.07) is 5.38. The van der Waals surface area contributed by atoms with Crippen LogP contribution in [0.2, 0.25) is 10.0 Å². The zero-order valence-electron chi connectivity index (χ0n) is 21.7. The first-order valence-corrected chi connectivity index (χ1v) is 12.9. The number of halogens is 2. The molecule has 1 aliphatic heterocycles.